The van der Waals surface area contributed by atoms with Gasteiger partial charge in [-0.25, -0.2) is 9.37 Å². The summed E-state index contributed by atoms with van der Waals surface area (Å²) in [6.07, 6.45) is 1.43. The smallest absolute Gasteiger partial charge is 0.387 e. The second kappa shape index (κ2) is 6.49. The maximum absolute atomic E-state index is 13.2. The van der Waals surface area contributed by atoms with Crippen molar-refractivity contribution in [3.63, 3.8) is 0 Å². The van der Waals surface area contributed by atoms with E-state index in [1.165, 1.54) is 36.2 Å². The normalized spacial score (nSPS) is 11.3. The van der Waals surface area contributed by atoms with Gasteiger partial charge in [-0.2, -0.15) is 8.78 Å². The van der Waals surface area contributed by atoms with Crippen LogP contribution in [0.2, 0.25) is 0 Å². The van der Waals surface area contributed by atoms with Crippen molar-refractivity contribution >= 4 is 22.8 Å². The predicted molar refractivity (Wildman–Crippen MR) is 81.2 cm³/mol. The van der Waals surface area contributed by atoms with Crippen LogP contribution in [0.25, 0.3) is 11.0 Å². The van der Waals surface area contributed by atoms with Crippen LogP contribution in [0.15, 0.2) is 35.6 Å². The Morgan fingerprint density at radius 1 is 1.30 bits per heavy atom. The molecule has 2 heterocycles. The van der Waals surface area contributed by atoms with Crippen molar-refractivity contribution in [1.29, 1.82) is 0 Å². The molecule has 120 valence electrons. The van der Waals surface area contributed by atoms with E-state index < -0.39 is 6.61 Å². The van der Waals surface area contributed by atoms with Gasteiger partial charge in [0.05, 0.1) is 16.7 Å². The fourth-order valence-corrected chi connectivity index (χ4v) is 3.00. The number of imidazole rings is 1. The molecule has 3 rings (SSSR count). The molecule has 0 saturated heterocycles. The number of aromatic amines is 1. The Kier molecular flexibility index (Phi) is 4.42. The topological polar surface area (TPSA) is 50.8 Å². The van der Waals surface area contributed by atoms with Crippen LogP contribution in [0.1, 0.15) is 11.3 Å². The number of rotatable bonds is 5. The van der Waals surface area contributed by atoms with E-state index in [1.807, 2.05) is 0 Å². The highest BCUT2D eigenvalue weighted by Crippen LogP contribution is 2.27. The van der Waals surface area contributed by atoms with Gasteiger partial charge >= 0.3 is 6.61 Å². The van der Waals surface area contributed by atoms with Crippen molar-refractivity contribution < 1.29 is 17.9 Å². The number of aromatic nitrogens is 3. The maximum Gasteiger partial charge on any atom is 0.387 e. The Labute approximate surface area is 134 Å². The molecule has 8 heteroatoms. The predicted octanol–water partition coefficient (Wildman–Crippen LogP) is 4.30. The van der Waals surface area contributed by atoms with Crippen molar-refractivity contribution in [3.05, 3.63) is 47.5 Å². The van der Waals surface area contributed by atoms with E-state index in [2.05, 4.69) is 19.7 Å². The summed E-state index contributed by atoms with van der Waals surface area (Å²) in [5, 5.41) is 0.604. The first-order valence-electron chi connectivity index (χ1n) is 6.70. The molecule has 0 aliphatic rings. The molecule has 0 atom stereocenters. The first-order valence-corrected chi connectivity index (χ1v) is 7.69. The molecule has 0 fully saturated rings. The molecule has 0 aliphatic heterocycles. The summed E-state index contributed by atoms with van der Waals surface area (Å²) in [5.74, 6) is 0.182. The lowest BCUT2D eigenvalue weighted by molar-refractivity contribution is -0.0503. The number of H-pyrrole nitrogens is 1. The van der Waals surface area contributed by atoms with E-state index in [9.17, 15) is 13.2 Å². The molecule has 23 heavy (non-hydrogen) atoms. The fraction of sp³-hybridized carbons (Fsp3) is 0.200. The number of fused-ring (bicyclic) bond motifs is 1. The summed E-state index contributed by atoms with van der Waals surface area (Å²) in [6, 6.07) is 5.71. The Hall–Kier alpha value is -2.22. The lowest BCUT2D eigenvalue weighted by Crippen LogP contribution is -2.05. The highest BCUT2D eigenvalue weighted by Gasteiger charge is 2.12. The van der Waals surface area contributed by atoms with Crippen molar-refractivity contribution in [3.8, 4) is 5.75 Å². The second-order valence-electron chi connectivity index (χ2n) is 4.75. The minimum atomic E-state index is -2.87. The van der Waals surface area contributed by atoms with Gasteiger partial charge < -0.3 is 9.72 Å². The second-order valence-corrected chi connectivity index (χ2v) is 5.72. The molecule has 4 nitrogen and oxygen atoms in total. The Balaban J connectivity index is 1.76. The number of thioether (sulfide) groups is 1. The van der Waals surface area contributed by atoms with E-state index >= 15 is 0 Å². The van der Waals surface area contributed by atoms with E-state index in [-0.39, 0.29) is 11.6 Å². The number of hydrogen-bond donors (Lipinski definition) is 1. The monoisotopic (exact) mass is 339 g/mol. The van der Waals surface area contributed by atoms with Crippen molar-refractivity contribution in [2.45, 2.75) is 24.4 Å². The number of nitrogens with one attached hydrogen (secondary N) is 1. The van der Waals surface area contributed by atoms with Gasteiger partial charge in [0.15, 0.2) is 5.16 Å². The zero-order chi connectivity index (χ0) is 16.4. The van der Waals surface area contributed by atoms with E-state index in [1.54, 1.807) is 13.0 Å². The van der Waals surface area contributed by atoms with Crippen LogP contribution < -0.4 is 4.74 Å². The largest absolute Gasteiger partial charge is 0.434 e. The van der Waals surface area contributed by atoms with Gasteiger partial charge in [0, 0.05) is 23.6 Å². The Morgan fingerprint density at radius 2 is 2.13 bits per heavy atom. The Morgan fingerprint density at radius 3 is 2.91 bits per heavy atom. The van der Waals surface area contributed by atoms with Crippen molar-refractivity contribution in [1.82, 2.24) is 15.0 Å². The van der Waals surface area contributed by atoms with Gasteiger partial charge in [0.25, 0.3) is 0 Å². The minimum Gasteiger partial charge on any atom is -0.434 e. The maximum atomic E-state index is 13.2. The molecule has 3 aromatic rings. The standard InChI is InChI=1S/C15H12F3N3OS/c1-8-12(19-5-4-13(8)22-14(17)18)7-23-15-20-10-3-2-9(16)6-11(10)21-15/h2-6,14H,7H2,1H3,(H,20,21). The third-order valence-electron chi connectivity index (χ3n) is 3.24. The molecular formula is C15H12F3N3OS. The molecule has 0 amide bonds. The molecule has 1 aromatic carbocycles. The highest BCUT2D eigenvalue weighted by atomic mass is 32.2. The SMILES string of the molecule is Cc1c(OC(F)F)ccnc1CSc1nc2cc(F)ccc2[nH]1. The van der Waals surface area contributed by atoms with Crippen LogP contribution in [0.3, 0.4) is 0 Å². The first-order chi connectivity index (χ1) is 11.0. The summed E-state index contributed by atoms with van der Waals surface area (Å²) >= 11 is 1.35. The summed E-state index contributed by atoms with van der Waals surface area (Å²) in [5.41, 5.74) is 2.45. The summed E-state index contributed by atoms with van der Waals surface area (Å²) in [7, 11) is 0. The molecular weight excluding hydrogens is 327 g/mol. The third kappa shape index (κ3) is 3.58. The molecule has 1 N–H and O–H groups in total. The van der Waals surface area contributed by atoms with Gasteiger partial charge in [-0.05, 0) is 25.1 Å². The molecule has 0 saturated carbocycles. The molecule has 0 bridgehead atoms. The first kappa shape index (κ1) is 15.7. The number of benzene rings is 1. The minimum absolute atomic E-state index is 0.109. The zero-order valence-corrected chi connectivity index (χ0v) is 12.8. The van der Waals surface area contributed by atoms with Crippen LogP contribution in [0, 0.1) is 12.7 Å². The van der Waals surface area contributed by atoms with Crippen molar-refractivity contribution in [2.24, 2.45) is 0 Å². The summed E-state index contributed by atoms with van der Waals surface area (Å²) in [4.78, 5) is 11.5. The van der Waals surface area contributed by atoms with Crippen molar-refractivity contribution in [2.75, 3.05) is 0 Å². The van der Waals surface area contributed by atoms with E-state index in [0.717, 1.165) is 5.52 Å². The number of alkyl halides is 2. The summed E-state index contributed by atoms with van der Waals surface area (Å²) in [6.45, 7) is -1.20. The average Bonchev–Trinajstić information content (AvgIpc) is 2.89. The highest BCUT2D eigenvalue weighted by molar-refractivity contribution is 7.98. The van der Waals surface area contributed by atoms with Crippen LogP contribution in [-0.4, -0.2) is 21.6 Å². The van der Waals surface area contributed by atoms with Gasteiger partial charge in [-0.15, -0.1) is 0 Å². The third-order valence-corrected chi connectivity index (χ3v) is 4.13. The zero-order valence-electron chi connectivity index (χ0n) is 12.0. The van der Waals surface area contributed by atoms with Gasteiger partial charge in [-0.1, -0.05) is 11.8 Å². The quantitative estimate of drug-likeness (QED) is 0.704. The number of pyridine rings is 1. The number of nitrogens with zero attached hydrogens (tertiary/aromatic N) is 2. The number of hydrogen-bond acceptors (Lipinski definition) is 4. The van der Waals surface area contributed by atoms with E-state index in [0.29, 0.717) is 27.7 Å². The summed E-state index contributed by atoms with van der Waals surface area (Å²) < 4.78 is 42.3. The lowest BCUT2D eigenvalue weighted by Gasteiger charge is -2.10. The van der Waals surface area contributed by atoms with Gasteiger partial charge in [-0.3, -0.25) is 4.98 Å². The van der Waals surface area contributed by atoms with Gasteiger partial charge in [0.2, 0.25) is 0 Å². The van der Waals surface area contributed by atoms with E-state index in [4.69, 9.17) is 0 Å². The molecule has 0 spiro atoms. The lowest BCUT2D eigenvalue weighted by atomic mass is 10.2. The number of ether oxygens (including phenoxy) is 1. The molecule has 0 unspecified atom stereocenters. The average molecular weight is 339 g/mol. The van der Waals surface area contributed by atoms with Crippen LogP contribution >= 0.6 is 11.8 Å². The van der Waals surface area contributed by atoms with Crippen LogP contribution in [-0.2, 0) is 5.75 Å². The Bertz CT molecular complexity index is 838. The fourth-order valence-electron chi connectivity index (χ4n) is 2.09. The molecule has 2 aromatic heterocycles. The van der Waals surface area contributed by atoms with Crippen LogP contribution in [0.4, 0.5) is 13.2 Å². The number of halogens is 3. The van der Waals surface area contributed by atoms with Gasteiger partial charge in [0.1, 0.15) is 11.6 Å². The van der Waals surface area contributed by atoms with Crippen LogP contribution in [0.5, 0.6) is 5.75 Å². The molecule has 0 radical (unpaired) electrons. The molecule has 0 aliphatic carbocycles.